The molecule has 2 aromatic carbocycles. The smallest absolute Gasteiger partial charge is 0.115 e. The van der Waals surface area contributed by atoms with Crippen LogP contribution in [-0.2, 0) is 5.54 Å². The lowest BCUT2D eigenvalue weighted by atomic mass is 9.92. The zero-order valence-corrected chi connectivity index (χ0v) is 11.4. The Balaban J connectivity index is 2.30. The summed E-state index contributed by atoms with van der Waals surface area (Å²) in [6.45, 7) is 1.77. The predicted molar refractivity (Wildman–Crippen MR) is 77.6 cm³/mol. The summed E-state index contributed by atoms with van der Waals surface area (Å²) < 4.78 is 0. The van der Waals surface area contributed by atoms with Crippen molar-refractivity contribution in [2.75, 3.05) is 11.9 Å². The molecular weight excluding hydrogens is 262 g/mol. The molecule has 0 heterocycles. The van der Waals surface area contributed by atoms with E-state index < -0.39 is 5.54 Å². The highest BCUT2D eigenvalue weighted by Crippen LogP contribution is 2.28. The van der Waals surface area contributed by atoms with Crippen LogP contribution in [0.25, 0.3) is 0 Å². The van der Waals surface area contributed by atoms with Crippen molar-refractivity contribution in [3.63, 3.8) is 0 Å². The third kappa shape index (κ3) is 3.19. The third-order valence-electron chi connectivity index (χ3n) is 3.06. The van der Waals surface area contributed by atoms with Gasteiger partial charge in [0.05, 0.1) is 12.1 Å². The van der Waals surface area contributed by atoms with Crippen LogP contribution >= 0.6 is 11.6 Å². The summed E-state index contributed by atoms with van der Waals surface area (Å²) in [6, 6.07) is 14.1. The van der Waals surface area contributed by atoms with Gasteiger partial charge in [0.2, 0.25) is 0 Å². The van der Waals surface area contributed by atoms with E-state index in [0.717, 1.165) is 11.3 Å². The summed E-state index contributed by atoms with van der Waals surface area (Å²) in [5, 5.41) is 23.1. The van der Waals surface area contributed by atoms with E-state index in [2.05, 4.69) is 5.32 Å². The highest BCUT2D eigenvalue weighted by atomic mass is 35.5. The molecule has 0 saturated heterocycles. The molecule has 1 unspecified atom stereocenters. The summed E-state index contributed by atoms with van der Waals surface area (Å²) in [5.41, 5.74) is 0.987. The van der Waals surface area contributed by atoms with Crippen LogP contribution in [0.4, 0.5) is 5.69 Å². The lowest BCUT2D eigenvalue weighted by Gasteiger charge is -2.30. The van der Waals surface area contributed by atoms with E-state index in [1.165, 1.54) is 0 Å². The second-order valence-corrected chi connectivity index (χ2v) is 5.11. The quantitative estimate of drug-likeness (QED) is 0.803. The van der Waals surface area contributed by atoms with Crippen molar-refractivity contribution in [3.05, 3.63) is 59.1 Å². The third-order valence-corrected chi connectivity index (χ3v) is 3.32. The van der Waals surface area contributed by atoms with Crippen molar-refractivity contribution in [2.24, 2.45) is 0 Å². The fourth-order valence-electron chi connectivity index (χ4n) is 1.90. The second-order valence-electron chi connectivity index (χ2n) is 4.67. The molecule has 2 aromatic rings. The van der Waals surface area contributed by atoms with Crippen molar-refractivity contribution in [1.29, 1.82) is 0 Å². The first kappa shape index (κ1) is 13.7. The first-order chi connectivity index (χ1) is 9.03. The van der Waals surface area contributed by atoms with Gasteiger partial charge in [-0.15, -0.1) is 0 Å². The molecule has 0 aromatic heterocycles. The van der Waals surface area contributed by atoms with Gasteiger partial charge in [0.25, 0.3) is 0 Å². The molecule has 0 spiro atoms. The molecule has 3 nitrogen and oxygen atoms in total. The second kappa shape index (κ2) is 5.51. The summed E-state index contributed by atoms with van der Waals surface area (Å²) in [7, 11) is 0. The standard InChI is InChI=1S/C15H16ClNO2/c1-15(10-18,11-3-2-4-14(19)9-11)17-13-7-5-12(16)6-8-13/h2-9,17-19H,10H2,1H3. The molecule has 3 N–H and O–H groups in total. The van der Waals surface area contributed by atoms with Crippen LogP contribution in [0.3, 0.4) is 0 Å². The average Bonchev–Trinajstić information content (AvgIpc) is 2.41. The Bertz CT molecular complexity index is 556. The lowest BCUT2D eigenvalue weighted by molar-refractivity contribution is 0.224. The highest BCUT2D eigenvalue weighted by molar-refractivity contribution is 6.30. The highest BCUT2D eigenvalue weighted by Gasteiger charge is 2.25. The van der Waals surface area contributed by atoms with Gasteiger partial charge in [0, 0.05) is 10.7 Å². The molecule has 0 fully saturated rings. The van der Waals surface area contributed by atoms with Crippen LogP contribution < -0.4 is 5.32 Å². The molecule has 0 amide bonds. The van der Waals surface area contributed by atoms with E-state index >= 15 is 0 Å². The zero-order chi connectivity index (χ0) is 13.9. The number of anilines is 1. The summed E-state index contributed by atoms with van der Waals surface area (Å²) >= 11 is 5.84. The predicted octanol–water partition coefficient (Wildman–Crippen LogP) is 3.37. The summed E-state index contributed by atoms with van der Waals surface area (Å²) in [5.74, 6) is 0.176. The maximum atomic E-state index is 9.68. The minimum atomic E-state index is -0.674. The maximum absolute atomic E-state index is 9.68. The van der Waals surface area contributed by atoms with Crippen molar-refractivity contribution in [3.8, 4) is 5.75 Å². The molecule has 100 valence electrons. The van der Waals surface area contributed by atoms with Crippen LogP contribution in [-0.4, -0.2) is 16.8 Å². The fraction of sp³-hybridized carbons (Fsp3) is 0.200. The average molecular weight is 278 g/mol. The van der Waals surface area contributed by atoms with Gasteiger partial charge in [0.15, 0.2) is 0 Å². The van der Waals surface area contributed by atoms with Crippen molar-refractivity contribution < 1.29 is 10.2 Å². The Labute approximate surface area is 117 Å². The Hall–Kier alpha value is -1.71. The Morgan fingerprint density at radius 1 is 1.16 bits per heavy atom. The van der Waals surface area contributed by atoms with Gasteiger partial charge in [-0.3, -0.25) is 0 Å². The normalized spacial score (nSPS) is 13.8. The van der Waals surface area contributed by atoms with Gasteiger partial charge in [-0.25, -0.2) is 0 Å². The van der Waals surface area contributed by atoms with Crippen LogP contribution in [0, 0.1) is 0 Å². The zero-order valence-electron chi connectivity index (χ0n) is 10.6. The SMILES string of the molecule is CC(CO)(Nc1ccc(Cl)cc1)c1cccc(O)c1. The van der Waals surface area contributed by atoms with Crippen molar-refractivity contribution in [2.45, 2.75) is 12.5 Å². The summed E-state index contributed by atoms with van der Waals surface area (Å²) in [4.78, 5) is 0. The minimum absolute atomic E-state index is 0.0981. The number of aliphatic hydroxyl groups is 1. The van der Waals surface area contributed by atoms with Crippen molar-refractivity contribution in [1.82, 2.24) is 0 Å². The molecule has 0 saturated carbocycles. The first-order valence-electron chi connectivity index (χ1n) is 5.98. The number of aromatic hydroxyl groups is 1. The van der Waals surface area contributed by atoms with Crippen LogP contribution in [0.1, 0.15) is 12.5 Å². The number of nitrogens with one attached hydrogen (secondary N) is 1. The number of phenolic OH excluding ortho intramolecular Hbond substituents is 1. The maximum Gasteiger partial charge on any atom is 0.115 e. The topological polar surface area (TPSA) is 52.5 Å². The monoisotopic (exact) mass is 277 g/mol. The van der Waals surface area contributed by atoms with Crippen LogP contribution in [0.2, 0.25) is 5.02 Å². The molecule has 19 heavy (non-hydrogen) atoms. The van der Waals surface area contributed by atoms with E-state index in [1.807, 2.05) is 25.1 Å². The van der Waals surface area contributed by atoms with Gasteiger partial charge in [-0.05, 0) is 48.9 Å². The van der Waals surface area contributed by atoms with E-state index in [1.54, 1.807) is 30.3 Å². The molecule has 2 rings (SSSR count). The Kier molecular flexibility index (Phi) is 3.98. The molecule has 0 aliphatic rings. The molecular formula is C15H16ClNO2. The number of benzene rings is 2. The van der Waals surface area contributed by atoms with Crippen LogP contribution in [0.15, 0.2) is 48.5 Å². The fourth-order valence-corrected chi connectivity index (χ4v) is 2.03. The number of hydrogen-bond donors (Lipinski definition) is 3. The van der Waals surface area contributed by atoms with Gasteiger partial charge < -0.3 is 15.5 Å². The van der Waals surface area contributed by atoms with E-state index in [0.29, 0.717) is 5.02 Å². The molecule has 0 aliphatic carbocycles. The first-order valence-corrected chi connectivity index (χ1v) is 6.35. The van der Waals surface area contributed by atoms with Crippen LogP contribution in [0.5, 0.6) is 5.75 Å². The summed E-state index contributed by atoms with van der Waals surface area (Å²) in [6.07, 6.45) is 0. The Morgan fingerprint density at radius 3 is 2.42 bits per heavy atom. The number of aliphatic hydroxyl groups excluding tert-OH is 1. The van der Waals surface area contributed by atoms with Gasteiger partial charge in [0.1, 0.15) is 5.75 Å². The Morgan fingerprint density at radius 2 is 1.84 bits per heavy atom. The van der Waals surface area contributed by atoms with Gasteiger partial charge >= 0.3 is 0 Å². The van der Waals surface area contributed by atoms with E-state index in [9.17, 15) is 10.2 Å². The largest absolute Gasteiger partial charge is 0.508 e. The minimum Gasteiger partial charge on any atom is -0.508 e. The number of hydrogen-bond acceptors (Lipinski definition) is 3. The van der Waals surface area contributed by atoms with Crippen molar-refractivity contribution >= 4 is 17.3 Å². The van der Waals surface area contributed by atoms with E-state index in [-0.39, 0.29) is 12.4 Å². The number of halogens is 1. The molecule has 4 heteroatoms. The van der Waals surface area contributed by atoms with Gasteiger partial charge in [-0.1, -0.05) is 23.7 Å². The molecule has 1 atom stereocenters. The lowest BCUT2D eigenvalue weighted by Crippen LogP contribution is -2.35. The molecule has 0 radical (unpaired) electrons. The van der Waals surface area contributed by atoms with Gasteiger partial charge in [-0.2, -0.15) is 0 Å². The number of rotatable bonds is 4. The molecule has 0 bridgehead atoms. The molecule has 0 aliphatic heterocycles. The number of phenols is 1. The van der Waals surface area contributed by atoms with E-state index in [4.69, 9.17) is 11.6 Å².